The zero-order valence-corrected chi connectivity index (χ0v) is 23.1. The molecule has 1 aromatic rings. The number of thioether (sulfide) groups is 1. The molecular weight excluding hydrogens is 548 g/mol. The standard InChI is InChI=1S/C26H33BrN2O6S/c1-5-11-28(15-7-9-16(35-4)10-8-15)24(32)22-26-12-17(27)21(36-26)19(25(33)34)20(26)23(31)29(22)18(13-30)14(3)6-2/h5,7-10,14,17-22,30H,1,6,11-13H2,2-4H3,(H,33,34)/t14-,17?,18-,19+,20-,21+,22?,26?/m0/s1. The molecule has 0 saturated carbocycles. The number of rotatable bonds is 10. The van der Waals surface area contributed by atoms with Crippen LogP contribution in [0.25, 0.3) is 0 Å². The minimum atomic E-state index is -1.02. The minimum Gasteiger partial charge on any atom is -0.497 e. The van der Waals surface area contributed by atoms with Crippen LogP contribution in [0.2, 0.25) is 0 Å². The fourth-order valence-corrected chi connectivity index (χ4v) is 9.75. The Labute approximate surface area is 224 Å². The van der Waals surface area contributed by atoms with Gasteiger partial charge in [-0.1, -0.05) is 42.3 Å². The molecule has 2 amide bonds. The number of hydrogen-bond acceptors (Lipinski definition) is 6. The number of ether oxygens (including phenoxy) is 1. The largest absolute Gasteiger partial charge is 0.497 e. The first kappa shape index (κ1) is 27.0. The summed E-state index contributed by atoms with van der Waals surface area (Å²) in [4.78, 5) is 43.9. The van der Waals surface area contributed by atoms with Crippen molar-refractivity contribution in [2.24, 2.45) is 17.8 Å². The second-order valence-corrected chi connectivity index (χ2v) is 12.5. The molecule has 2 bridgehead atoms. The van der Waals surface area contributed by atoms with Crippen molar-refractivity contribution < 1.29 is 29.3 Å². The number of aliphatic hydroxyl groups excluding tert-OH is 1. The van der Waals surface area contributed by atoms with Crippen molar-refractivity contribution in [3.63, 3.8) is 0 Å². The number of aliphatic hydroxyl groups is 1. The predicted octanol–water partition coefficient (Wildman–Crippen LogP) is 3.17. The number of benzene rings is 1. The lowest BCUT2D eigenvalue weighted by atomic mass is 9.71. The van der Waals surface area contributed by atoms with E-state index in [4.69, 9.17) is 4.74 Å². The summed E-state index contributed by atoms with van der Waals surface area (Å²) in [6, 6.07) is 5.57. The van der Waals surface area contributed by atoms with Crippen LogP contribution in [0.15, 0.2) is 36.9 Å². The van der Waals surface area contributed by atoms with Crippen molar-refractivity contribution in [3.05, 3.63) is 36.9 Å². The quantitative estimate of drug-likeness (QED) is 0.323. The van der Waals surface area contributed by atoms with E-state index in [1.807, 2.05) is 13.8 Å². The average Bonchev–Trinajstić information content (AvgIpc) is 3.46. The monoisotopic (exact) mass is 580 g/mol. The first-order valence-corrected chi connectivity index (χ1v) is 14.0. The smallest absolute Gasteiger partial charge is 0.308 e. The first-order chi connectivity index (χ1) is 17.2. The molecule has 2 N–H and O–H groups in total. The molecule has 196 valence electrons. The molecule has 8 atom stereocenters. The predicted molar refractivity (Wildman–Crippen MR) is 143 cm³/mol. The van der Waals surface area contributed by atoms with E-state index >= 15 is 0 Å². The van der Waals surface area contributed by atoms with Gasteiger partial charge in [0, 0.05) is 22.3 Å². The Morgan fingerprint density at radius 2 is 2.06 bits per heavy atom. The number of carbonyl (C=O) groups excluding carboxylic acids is 2. The highest BCUT2D eigenvalue weighted by Crippen LogP contribution is 2.68. The third-order valence-corrected chi connectivity index (χ3v) is 11.3. The van der Waals surface area contributed by atoms with Crippen LogP contribution >= 0.6 is 27.7 Å². The molecule has 1 spiro atoms. The molecule has 36 heavy (non-hydrogen) atoms. The van der Waals surface area contributed by atoms with Crippen LogP contribution in [0.3, 0.4) is 0 Å². The second kappa shape index (κ2) is 10.4. The highest BCUT2D eigenvalue weighted by Gasteiger charge is 2.76. The van der Waals surface area contributed by atoms with Crippen molar-refractivity contribution in [2.45, 2.75) is 53.6 Å². The molecule has 4 rings (SSSR count). The van der Waals surface area contributed by atoms with E-state index in [9.17, 15) is 24.6 Å². The maximum absolute atomic E-state index is 14.5. The van der Waals surface area contributed by atoms with Crippen LogP contribution in [0.4, 0.5) is 5.69 Å². The molecule has 3 unspecified atom stereocenters. The van der Waals surface area contributed by atoms with Crippen LogP contribution in [0, 0.1) is 17.8 Å². The van der Waals surface area contributed by atoms with Crippen LogP contribution in [-0.4, -0.2) is 80.1 Å². The number of fused-ring (bicyclic) bond motifs is 1. The highest BCUT2D eigenvalue weighted by molar-refractivity contribution is 9.09. The number of alkyl halides is 1. The lowest BCUT2D eigenvalue weighted by Crippen LogP contribution is -2.59. The number of nitrogens with zero attached hydrogens (tertiary/aromatic N) is 2. The average molecular weight is 582 g/mol. The van der Waals surface area contributed by atoms with Gasteiger partial charge in [-0.15, -0.1) is 18.3 Å². The molecule has 0 aliphatic carbocycles. The third kappa shape index (κ3) is 4.05. The minimum absolute atomic E-state index is 0.0800. The normalized spacial score (nSPS) is 32.2. The number of anilines is 1. The van der Waals surface area contributed by atoms with Crippen molar-refractivity contribution in [1.82, 2.24) is 4.90 Å². The summed E-state index contributed by atoms with van der Waals surface area (Å²) in [6.45, 7) is 7.65. The number of aliphatic carboxylic acids is 1. The molecule has 1 aromatic carbocycles. The molecule has 0 aromatic heterocycles. The summed E-state index contributed by atoms with van der Waals surface area (Å²) in [5.41, 5.74) is 0.625. The van der Waals surface area contributed by atoms with Crippen molar-refractivity contribution in [1.29, 1.82) is 0 Å². The van der Waals surface area contributed by atoms with Crippen LogP contribution in [0.1, 0.15) is 26.7 Å². The van der Waals surface area contributed by atoms with Gasteiger partial charge >= 0.3 is 5.97 Å². The van der Waals surface area contributed by atoms with Gasteiger partial charge in [-0.2, -0.15) is 0 Å². The van der Waals surface area contributed by atoms with Crippen molar-refractivity contribution in [3.8, 4) is 5.75 Å². The summed E-state index contributed by atoms with van der Waals surface area (Å²) >= 11 is 5.12. The number of halogens is 1. The lowest BCUT2D eigenvalue weighted by Gasteiger charge is -2.41. The Balaban J connectivity index is 1.85. The number of carboxylic acid groups (broad SMARTS) is 1. The van der Waals surface area contributed by atoms with Gasteiger partial charge in [0.05, 0.1) is 36.3 Å². The van der Waals surface area contributed by atoms with Crippen LogP contribution < -0.4 is 9.64 Å². The van der Waals surface area contributed by atoms with E-state index in [-0.39, 0.29) is 41.0 Å². The van der Waals surface area contributed by atoms with E-state index in [2.05, 4.69) is 22.5 Å². The van der Waals surface area contributed by atoms with Gasteiger partial charge in [0.15, 0.2) is 0 Å². The third-order valence-electron chi connectivity index (χ3n) is 8.05. The zero-order valence-electron chi connectivity index (χ0n) is 20.7. The Bertz CT molecular complexity index is 1040. The Hall–Kier alpha value is -2.04. The van der Waals surface area contributed by atoms with E-state index in [0.717, 1.165) is 0 Å². The lowest BCUT2D eigenvalue weighted by molar-refractivity contribution is -0.149. The van der Waals surface area contributed by atoms with E-state index < -0.39 is 34.6 Å². The maximum atomic E-state index is 14.5. The Morgan fingerprint density at radius 3 is 2.58 bits per heavy atom. The molecule has 8 nitrogen and oxygen atoms in total. The summed E-state index contributed by atoms with van der Waals surface area (Å²) in [5.74, 6) is -2.82. The van der Waals surface area contributed by atoms with Crippen LogP contribution in [-0.2, 0) is 14.4 Å². The Morgan fingerprint density at radius 1 is 1.39 bits per heavy atom. The van der Waals surface area contributed by atoms with Gasteiger partial charge in [-0.25, -0.2) is 0 Å². The van der Waals surface area contributed by atoms with Gasteiger partial charge in [-0.05, 0) is 36.6 Å². The van der Waals surface area contributed by atoms with Gasteiger partial charge in [-0.3, -0.25) is 14.4 Å². The number of carboxylic acids is 1. The first-order valence-electron chi connectivity index (χ1n) is 12.2. The fourth-order valence-electron chi connectivity index (χ4n) is 6.16. The van der Waals surface area contributed by atoms with E-state index in [1.165, 1.54) is 16.7 Å². The summed E-state index contributed by atoms with van der Waals surface area (Å²) in [7, 11) is 1.57. The Kier molecular flexibility index (Phi) is 7.78. The van der Waals surface area contributed by atoms with Gasteiger partial charge in [0.1, 0.15) is 11.8 Å². The highest BCUT2D eigenvalue weighted by atomic mass is 79.9. The number of amides is 2. The summed E-state index contributed by atoms with van der Waals surface area (Å²) in [6.07, 6.45) is 2.82. The molecule has 3 saturated heterocycles. The molecule has 3 fully saturated rings. The summed E-state index contributed by atoms with van der Waals surface area (Å²) in [5, 5.41) is 20.2. The topological polar surface area (TPSA) is 107 Å². The zero-order chi connectivity index (χ0) is 26.4. The van der Waals surface area contributed by atoms with E-state index in [0.29, 0.717) is 24.3 Å². The fraction of sp³-hybridized carbons (Fsp3) is 0.577. The van der Waals surface area contributed by atoms with Crippen molar-refractivity contribution in [2.75, 3.05) is 25.2 Å². The van der Waals surface area contributed by atoms with Gasteiger partial charge < -0.3 is 24.7 Å². The van der Waals surface area contributed by atoms with Crippen LogP contribution in [0.5, 0.6) is 5.75 Å². The molecule has 3 aliphatic rings. The van der Waals surface area contributed by atoms with Gasteiger partial charge in [0.25, 0.3) is 5.91 Å². The number of carbonyl (C=O) groups is 3. The molecule has 0 radical (unpaired) electrons. The molecular formula is C26H33BrN2O6S. The summed E-state index contributed by atoms with van der Waals surface area (Å²) < 4.78 is 4.36. The molecule has 3 aliphatic heterocycles. The number of hydrogen-bond donors (Lipinski definition) is 2. The number of likely N-dealkylation sites (tertiary alicyclic amines) is 1. The molecule has 3 heterocycles. The van der Waals surface area contributed by atoms with Crippen molar-refractivity contribution >= 4 is 51.2 Å². The maximum Gasteiger partial charge on any atom is 0.308 e. The SMILES string of the molecule is C=CCN(C(=O)C1N([C@@H](CO)[C@@H](C)CC)C(=O)[C@@H]2[C@@H](C(=O)O)[C@@H]3SC12CC3Br)c1ccc(OC)cc1. The number of methoxy groups -OCH3 is 1. The van der Waals surface area contributed by atoms with E-state index in [1.54, 1.807) is 42.4 Å². The molecule has 10 heteroatoms. The van der Waals surface area contributed by atoms with Gasteiger partial charge in [0.2, 0.25) is 5.91 Å². The second-order valence-electron chi connectivity index (χ2n) is 9.82.